The van der Waals surface area contributed by atoms with Gasteiger partial charge < -0.3 is 15.1 Å². The van der Waals surface area contributed by atoms with Crippen molar-refractivity contribution in [3.63, 3.8) is 0 Å². The fourth-order valence-electron chi connectivity index (χ4n) is 2.40. The Bertz CT molecular complexity index is 894. The molecule has 0 saturated heterocycles. The lowest BCUT2D eigenvalue weighted by Crippen LogP contribution is -2.25. The minimum Gasteiger partial charge on any atom is -0.467 e. The summed E-state index contributed by atoms with van der Waals surface area (Å²) in [5.41, 5.74) is 1.48. The molecule has 0 fully saturated rings. The van der Waals surface area contributed by atoms with Crippen molar-refractivity contribution in [2.45, 2.75) is 33.5 Å². The van der Waals surface area contributed by atoms with Gasteiger partial charge in [0.05, 0.1) is 24.7 Å². The molecule has 0 unspecified atom stereocenters. The average Bonchev–Trinajstić information content (AvgIpc) is 3.34. The lowest BCUT2D eigenvalue weighted by Gasteiger charge is -2.06. The molecule has 0 aliphatic carbocycles. The molecular formula is C17H20N6O3. The van der Waals surface area contributed by atoms with Crippen LogP contribution in [0.15, 0.2) is 41.4 Å². The zero-order valence-corrected chi connectivity index (χ0v) is 14.6. The lowest BCUT2D eigenvalue weighted by atomic mass is 10.3. The van der Waals surface area contributed by atoms with Crippen LogP contribution in [0.3, 0.4) is 0 Å². The Morgan fingerprint density at radius 2 is 2.12 bits per heavy atom. The molecule has 0 saturated carbocycles. The number of nitrogens with one attached hydrogen (secondary N) is 2. The summed E-state index contributed by atoms with van der Waals surface area (Å²) >= 11 is 0. The van der Waals surface area contributed by atoms with Crippen molar-refractivity contribution in [3.05, 3.63) is 54.0 Å². The zero-order chi connectivity index (χ0) is 18.5. The maximum absolute atomic E-state index is 12.4. The van der Waals surface area contributed by atoms with Crippen molar-refractivity contribution in [2.24, 2.45) is 0 Å². The van der Waals surface area contributed by atoms with E-state index >= 15 is 0 Å². The third kappa shape index (κ3) is 4.18. The molecule has 2 amide bonds. The van der Waals surface area contributed by atoms with Gasteiger partial charge in [-0.15, -0.1) is 0 Å². The van der Waals surface area contributed by atoms with Crippen LogP contribution in [0, 0.1) is 6.92 Å². The van der Waals surface area contributed by atoms with Crippen molar-refractivity contribution >= 4 is 17.5 Å². The van der Waals surface area contributed by atoms with Gasteiger partial charge in [-0.05, 0) is 31.5 Å². The summed E-state index contributed by atoms with van der Waals surface area (Å²) in [4.78, 5) is 24.7. The van der Waals surface area contributed by atoms with Gasteiger partial charge in [0.15, 0.2) is 5.69 Å². The van der Waals surface area contributed by atoms with Gasteiger partial charge >= 0.3 is 0 Å². The molecule has 3 aromatic rings. The molecule has 136 valence electrons. The number of nitrogens with zero attached hydrogens (tertiary/aromatic N) is 4. The minimum atomic E-state index is -0.390. The topological polar surface area (TPSA) is 107 Å². The summed E-state index contributed by atoms with van der Waals surface area (Å²) in [6, 6.07) is 3.51. The quantitative estimate of drug-likeness (QED) is 0.668. The normalized spacial score (nSPS) is 10.7. The van der Waals surface area contributed by atoms with Crippen molar-refractivity contribution in [3.8, 4) is 0 Å². The Kier molecular flexibility index (Phi) is 5.16. The van der Waals surface area contributed by atoms with Crippen LogP contribution in [0.25, 0.3) is 0 Å². The third-order valence-electron chi connectivity index (χ3n) is 3.65. The molecule has 0 spiro atoms. The summed E-state index contributed by atoms with van der Waals surface area (Å²) < 4.78 is 8.32. The van der Waals surface area contributed by atoms with E-state index in [0.717, 1.165) is 5.56 Å². The number of aromatic nitrogens is 4. The molecule has 26 heavy (non-hydrogen) atoms. The number of hydrogen-bond donors (Lipinski definition) is 2. The second-order valence-corrected chi connectivity index (χ2v) is 5.77. The van der Waals surface area contributed by atoms with Gasteiger partial charge in [0.1, 0.15) is 12.3 Å². The fraction of sp³-hybridized carbons (Fsp3) is 0.294. The molecule has 0 aromatic carbocycles. The second kappa shape index (κ2) is 7.68. The first-order chi connectivity index (χ1) is 12.5. The van der Waals surface area contributed by atoms with Gasteiger partial charge in [-0.25, -0.2) is 0 Å². The summed E-state index contributed by atoms with van der Waals surface area (Å²) in [5, 5.41) is 13.8. The van der Waals surface area contributed by atoms with Crippen LogP contribution in [0.5, 0.6) is 0 Å². The van der Waals surface area contributed by atoms with E-state index in [-0.39, 0.29) is 30.6 Å². The number of anilines is 1. The van der Waals surface area contributed by atoms with Crippen LogP contribution in [0.1, 0.15) is 28.7 Å². The summed E-state index contributed by atoms with van der Waals surface area (Å²) in [6.07, 6.45) is 6.62. The number of carbonyl (C=O) groups is 2. The first kappa shape index (κ1) is 17.5. The smallest absolute Gasteiger partial charge is 0.274 e. The molecule has 2 N–H and O–H groups in total. The molecule has 0 aliphatic heterocycles. The monoisotopic (exact) mass is 356 g/mol. The van der Waals surface area contributed by atoms with E-state index in [1.165, 1.54) is 10.9 Å². The molecule has 9 heteroatoms. The third-order valence-corrected chi connectivity index (χ3v) is 3.65. The number of amides is 2. The number of carbonyl (C=O) groups excluding carboxylic acids is 2. The first-order valence-corrected chi connectivity index (χ1v) is 8.22. The van der Waals surface area contributed by atoms with Gasteiger partial charge in [-0.2, -0.15) is 10.2 Å². The number of hydrogen-bond acceptors (Lipinski definition) is 5. The van der Waals surface area contributed by atoms with Gasteiger partial charge in [0, 0.05) is 18.9 Å². The van der Waals surface area contributed by atoms with E-state index < -0.39 is 0 Å². The molecule has 3 heterocycles. The first-order valence-electron chi connectivity index (χ1n) is 8.22. The van der Waals surface area contributed by atoms with E-state index in [9.17, 15) is 9.59 Å². The summed E-state index contributed by atoms with van der Waals surface area (Å²) in [5.74, 6) is -0.0458. The molecule has 0 aliphatic rings. The SMILES string of the molecule is CCn1cc(NC(=O)Cn2cc(C)cn2)c(C(=O)NCc2ccco2)n1. The van der Waals surface area contributed by atoms with Crippen molar-refractivity contribution < 1.29 is 14.0 Å². The van der Waals surface area contributed by atoms with Gasteiger partial charge in [-0.3, -0.25) is 19.0 Å². The molecule has 0 radical (unpaired) electrons. The average molecular weight is 356 g/mol. The van der Waals surface area contributed by atoms with E-state index in [1.54, 1.807) is 35.4 Å². The maximum Gasteiger partial charge on any atom is 0.274 e. The van der Waals surface area contributed by atoms with E-state index in [4.69, 9.17) is 4.42 Å². The highest BCUT2D eigenvalue weighted by Gasteiger charge is 2.19. The van der Waals surface area contributed by atoms with Crippen LogP contribution in [0.2, 0.25) is 0 Å². The van der Waals surface area contributed by atoms with E-state index in [2.05, 4.69) is 20.8 Å². The molecule has 0 atom stereocenters. The molecular weight excluding hydrogens is 336 g/mol. The highest BCUT2D eigenvalue weighted by atomic mass is 16.3. The highest BCUT2D eigenvalue weighted by molar-refractivity contribution is 6.02. The van der Waals surface area contributed by atoms with Crippen molar-refractivity contribution in [1.82, 2.24) is 24.9 Å². The van der Waals surface area contributed by atoms with Gasteiger partial charge in [0.2, 0.25) is 5.91 Å². The Morgan fingerprint density at radius 3 is 2.77 bits per heavy atom. The minimum absolute atomic E-state index is 0.0542. The van der Waals surface area contributed by atoms with Crippen molar-refractivity contribution in [1.29, 1.82) is 0 Å². The van der Waals surface area contributed by atoms with Crippen LogP contribution >= 0.6 is 0 Å². The van der Waals surface area contributed by atoms with Crippen molar-refractivity contribution in [2.75, 3.05) is 5.32 Å². The van der Waals surface area contributed by atoms with Crippen LogP contribution < -0.4 is 10.6 Å². The zero-order valence-electron chi connectivity index (χ0n) is 14.6. The number of furan rings is 1. The molecule has 3 rings (SSSR count). The van der Waals surface area contributed by atoms with Gasteiger partial charge in [-0.1, -0.05) is 0 Å². The maximum atomic E-state index is 12.4. The largest absolute Gasteiger partial charge is 0.467 e. The predicted octanol–water partition coefficient (Wildman–Crippen LogP) is 1.57. The van der Waals surface area contributed by atoms with E-state index in [1.807, 2.05) is 13.8 Å². The van der Waals surface area contributed by atoms with Crippen LogP contribution in [-0.2, 0) is 24.4 Å². The van der Waals surface area contributed by atoms with Crippen LogP contribution in [0.4, 0.5) is 5.69 Å². The molecule has 0 bridgehead atoms. The molecule has 3 aromatic heterocycles. The van der Waals surface area contributed by atoms with Gasteiger partial charge in [0.25, 0.3) is 5.91 Å². The second-order valence-electron chi connectivity index (χ2n) is 5.77. The lowest BCUT2D eigenvalue weighted by molar-refractivity contribution is -0.116. The Hall–Kier alpha value is -3.36. The van der Waals surface area contributed by atoms with E-state index in [0.29, 0.717) is 18.0 Å². The Morgan fingerprint density at radius 1 is 1.27 bits per heavy atom. The Balaban J connectivity index is 1.68. The number of rotatable bonds is 7. The fourth-order valence-corrected chi connectivity index (χ4v) is 2.40. The molecule has 9 nitrogen and oxygen atoms in total. The number of aryl methyl sites for hydroxylation is 2. The highest BCUT2D eigenvalue weighted by Crippen LogP contribution is 2.14. The summed E-state index contributed by atoms with van der Waals surface area (Å²) in [6.45, 7) is 4.67. The Labute approximate surface area is 150 Å². The van der Waals surface area contributed by atoms with Crippen LogP contribution in [-0.4, -0.2) is 31.4 Å². The standard InChI is InChI=1S/C17H20N6O3/c1-3-22-10-14(20-15(24)11-23-9-12(2)7-19-23)16(21-22)17(25)18-8-13-5-4-6-26-13/h4-7,9-10H,3,8,11H2,1-2H3,(H,18,25)(H,20,24). The predicted molar refractivity (Wildman–Crippen MR) is 93.4 cm³/mol. The summed E-state index contributed by atoms with van der Waals surface area (Å²) in [7, 11) is 0.